The van der Waals surface area contributed by atoms with Crippen molar-refractivity contribution in [3.8, 4) is 0 Å². The van der Waals surface area contributed by atoms with Crippen LogP contribution < -0.4 is 21.7 Å². The fourth-order valence-electron chi connectivity index (χ4n) is 3.57. The molecule has 0 spiro atoms. The van der Waals surface area contributed by atoms with Crippen LogP contribution >= 0.6 is 0 Å². The number of carboxylic acid groups (broad SMARTS) is 2. The van der Waals surface area contributed by atoms with Gasteiger partial charge in [-0.25, -0.2) is 14.8 Å². The molecule has 0 fully saturated rings. The van der Waals surface area contributed by atoms with Crippen molar-refractivity contribution in [1.82, 2.24) is 25.3 Å². The molecule has 13 nitrogen and oxygen atoms in total. The number of aliphatic carboxylic acids is 2. The van der Waals surface area contributed by atoms with Crippen LogP contribution in [0.2, 0.25) is 0 Å². The quantitative estimate of drug-likeness (QED) is 0.273. The van der Waals surface area contributed by atoms with E-state index < -0.39 is 23.9 Å². The number of benzene rings is 1. The van der Waals surface area contributed by atoms with Crippen molar-refractivity contribution in [2.24, 2.45) is 0 Å². The SMILES string of the molecule is Cc1cc(C(=O)NC(CCCC(=O)O)C(=O)O)ccc1N(C)Cc1cnc2nc(N)nc(N)c2n1. The number of nitrogens with two attached hydrogens (primary N) is 2. The summed E-state index contributed by atoms with van der Waals surface area (Å²) in [6.07, 6.45) is 1.55. The van der Waals surface area contributed by atoms with Gasteiger partial charge in [0.15, 0.2) is 17.0 Å². The molecule has 1 unspecified atom stereocenters. The van der Waals surface area contributed by atoms with Crippen molar-refractivity contribution >= 4 is 46.5 Å². The Labute approximate surface area is 200 Å². The Morgan fingerprint density at radius 2 is 1.89 bits per heavy atom. The zero-order chi connectivity index (χ0) is 25.7. The number of carboxylic acids is 2. The van der Waals surface area contributed by atoms with E-state index in [1.807, 2.05) is 18.9 Å². The number of rotatable bonds is 10. The third kappa shape index (κ3) is 6.28. The third-order valence-corrected chi connectivity index (χ3v) is 5.26. The first-order chi connectivity index (χ1) is 16.5. The molecule has 184 valence electrons. The number of amides is 1. The number of hydrogen-bond donors (Lipinski definition) is 5. The molecule has 1 aromatic carbocycles. The van der Waals surface area contributed by atoms with Crippen LogP contribution in [0.25, 0.3) is 11.2 Å². The second-order valence-corrected chi connectivity index (χ2v) is 8.01. The minimum Gasteiger partial charge on any atom is -0.481 e. The van der Waals surface area contributed by atoms with Crippen LogP contribution in [0.1, 0.15) is 40.9 Å². The van der Waals surface area contributed by atoms with E-state index in [1.54, 1.807) is 24.4 Å². The molecule has 13 heteroatoms. The summed E-state index contributed by atoms with van der Waals surface area (Å²) in [4.78, 5) is 53.3. The lowest BCUT2D eigenvalue weighted by atomic mass is 10.1. The molecule has 0 aliphatic carbocycles. The molecule has 35 heavy (non-hydrogen) atoms. The fourth-order valence-corrected chi connectivity index (χ4v) is 3.57. The van der Waals surface area contributed by atoms with E-state index in [2.05, 4.69) is 25.3 Å². The average Bonchev–Trinajstić information content (AvgIpc) is 2.78. The first-order valence-electron chi connectivity index (χ1n) is 10.7. The summed E-state index contributed by atoms with van der Waals surface area (Å²) in [7, 11) is 1.85. The van der Waals surface area contributed by atoms with E-state index >= 15 is 0 Å². The van der Waals surface area contributed by atoms with Crippen molar-refractivity contribution in [2.75, 3.05) is 23.4 Å². The van der Waals surface area contributed by atoms with E-state index in [9.17, 15) is 19.5 Å². The number of carbonyl (C=O) groups excluding carboxylic acids is 1. The highest BCUT2D eigenvalue weighted by Gasteiger charge is 2.21. The van der Waals surface area contributed by atoms with Crippen molar-refractivity contribution in [2.45, 2.75) is 38.8 Å². The fraction of sp³-hybridized carbons (Fsp3) is 0.318. The van der Waals surface area contributed by atoms with Gasteiger partial charge in [0.25, 0.3) is 5.91 Å². The van der Waals surface area contributed by atoms with Crippen molar-refractivity contribution in [3.05, 3.63) is 41.2 Å². The Balaban J connectivity index is 1.71. The molecule has 0 bridgehead atoms. The van der Waals surface area contributed by atoms with Gasteiger partial charge in [0.1, 0.15) is 6.04 Å². The van der Waals surface area contributed by atoms with Crippen LogP contribution in [-0.4, -0.2) is 61.1 Å². The molecule has 2 heterocycles. The summed E-state index contributed by atoms with van der Waals surface area (Å²) in [5, 5.41) is 20.5. The van der Waals surface area contributed by atoms with Gasteiger partial charge in [0.2, 0.25) is 5.95 Å². The van der Waals surface area contributed by atoms with E-state index in [4.69, 9.17) is 16.6 Å². The molecule has 0 aliphatic heterocycles. The highest BCUT2D eigenvalue weighted by atomic mass is 16.4. The molecule has 0 radical (unpaired) electrons. The molecule has 0 saturated heterocycles. The average molecular weight is 483 g/mol. The van der Waals surface area contributed by atoms with Gasteiger partial charge in [0.05, 0.1) is 18.4 Å². The Morgan fingerprint density at radius 1 is 1.14 bits per heavy atom. The second-order valence-electron chi connectivity index (χ2n) is 8.01. The van der Waals surface area contributed by atoms with E-state index in [1.165, 1.54) is 0 Å². The Bertz CT molecular complexity index is 1280. The lowest BCUT2D eigenvalue weighted by Crippen LogP contribution is -2.40. The number of fused-ring (bicyclic) bond motifs is 1. The van der Waals surface area contributed by atoms with Gasteiger partial charge in [-0.05, 0) is 43.5 Å². The van der Waals surface area contributed by atoms with E-state index in [0.717, 1.165) is 11.3 Å². The minimum atomic E-state index is -1.22. The summed E-state index contributed by atoms with van der Waals surface area (Å²) >= 11 is 0. The highest BCUT2D eigenvalue weighted by molar-refractivity contribution is 5.97. The van der Waals surface area contributed by atoms with Crippen LogP contribution in [0.3, 0.4) is 0 Å². The van der Waals surface area contributed by atoms with Crippen molar-refractivity contribution < 1.29 is 24.6 Å². The van der Waals surface area contributed by atoms with Crippen molar-refractivity contribution in [3.63, 3.8) is 0 Å². The minimum absolute atomic E-state index is 0.0160. The number of nitrogens with one attached hydrogen (secondary N) is 1. The molecule has 7 N–H and O–H groups in total. The molecular formula is C22H26N8O5. The van der Waals surface area contributed by atoms with Gasteiger partial charge in [-0.2, -0.15) is 9.97 Å². The zero-order valence-corrected chi connectivity index (χ0v) is 19.2. The van der Waals surface area contributed by atoms with Crippen LogP contribution in [-0.2, 0) is 16.1 Å². The number of aromatic nitrogens is 4. The number of nitrogen functional groups attached to an aromatic ring is 2. The van der Waals surface area contributed by atoms with Gasteiger partial charge in [-0.15, -0.1) is 0 Å². The van der Waals surface area contributed by atoms with Gasteiger partial charge in [0, 0.05) is 24.7 Å². The number of nitrogens with zero attached hydrogens (tertiary/aromatic N) is 5. The predicted molar refractivity (Wildman–Crippen MR) is 128 cm³/mol. The normalized spacial score (nSPS) is 11.7. The molecule has 2 aromatic heterocycles. The standard InChI is InChI=1S/C22H26N8O5/c1-11-8-12(20(33)27-14(21(34)35)4-3-5-16(31)32)6-7-15(11)30(2)10-13-9-25-19-17(26-13)18(23)28-22(24)29-19/h6-9,14H,3-5,10H2,1-2H3,(H,27,33)(H,31,32)(H,34,35)(H4,23,24,25,28,29). The Morgan fingerprint density at radius 3 is 2.54 bits per heavy atom. The summed E-state index contributed by atoms with van der Waals surface area (Å²) in [6, 6.07) is 3.81. The first kappa shape index (κ1) is 25.1. The summed E-state index contributed by atoms with van der Waals surface area (Å²) in [5.41, 5.74) is 14.6. The zero-order valence-electron chi connectivity index (χ0n) is 19.2. The predicted octanol–water partition coefficient (Wildman–Crippen LogP) is 0.967. The van der Waals surface area contributed by atoms with Crippen molar-refractivity contribution in [1.29, 1.82) is 0 Å². The second kappa shape index (κ2) is 10.6. The number of anilines is 3. The molecule has 1 atom stereocenters. The van der Waals surface area contributed by atoms with E-state index in [-0.39, 0.29) is 36.6 Å². The summed E-state index contributed by atoms with van der Waals surface area (Å²) < 4.78 is 0. The number of carbonyl (C=O) groups is 3. The largest absolute Gasteiger partial charge is 0.481 e. The van der Waals surface area contributed by atoms with Crippen LogP contribution in [0.4, 0.5) is 17.5 Å². The lowest BCUT2D eigenvalue weighted by Gasteiger charge is -2.22. The van der Waals surface area contributed by atoms with Crippen LogP contribution in [0, 0.1) is 6.92 Å². The first-order valence-corrected chi connectivity index (χ1v) is 10.7. The third-order valence-electron chi connectivity index (χ3n) is 5.26. The van der Waals surface area contributed by atoms with Crippen LogP contribution in [0.5, 0.6) is 0 Å². The maximum Gasteiger partial charge on any atom is 0.326 e. The van der Waals surface area contributed by atoms with Gasteiger partial charge in [-0.3, -0.25) is 9.59 Å². The molecule has 0 aliphatic rings. The molecule has 3 aromatic rings. The maximum atomic E-state index is 12.6. The lowest BCUT2D eigenvalue weighted by molar-refractivity contribution is -0.140. The van der Waals surface area contributed by atoms with Gasteiger partial charge >= 0.3 is 11.9 Å². The number of hydrogen-bond acceptors (Lipinski definition) is 10. The molecule has 0 saturated carbocycles. The van der Waals surface area contributed by atoms with Gasteiger partial charge < -0.3 is 31.9 Å². The maximum absolute atomic E-state index is 12.6. The highest BCUT2D eigenvalue weighted by Crippen LogP contribution is 2.23. The number of aryl methyl sites for hydroxylation is 1. The molecule has 3 rings (SSSR count). The van der Waals surface area contributed by atoms with Crippen LogP contribution in [0.15, 0.2) is 24.4 Å². The summed E-state index contributed by atoms with van der Waals surface area (Å²) in [6.45, 7) is 2.20. The molecule has 1 amide bonds. The Kier molecular flexibility index (Phi) is 7.59. The summed E-state index contributed by atoms with van der Waals surface area (Å²) in [5.74, 6) is -2.64. The topological polar surface area (TPSA) is 211 Å². The van der Waals surface area contributed by atoms with E-state index in [0.29, 0.717) is 23.4 Å². The monoisotopic (exact) mass is 482 g/mol. The Hall–Kier alpha value is -4.55. The molecular weight excluding hydrogens is 456 g/mol. The smallest absolute Gasteiger partial charge is 0.326 e. The van der Waals surface area contributed by atoms with Gasteiger partial charge in [-0.1, -0.05) is 0 Å².